The van der Waals surface area contributed by atoms with Crippen molar-refractivity contribution in [3.8, 4) is 5.75 Å². The van der Waals surface area contributed by atoms with Crippen LogP contribution in [0.25, 0.3) is 10.8 Å². The number of amides is 4. The highest BCUT2D eigenvalue weighted by Crippen LogP contribution is 2.65. The molecule has 5 aromatic rings. The number of aromatic hydroxyl groups is 1. The van der Waals surface area contributed by atoms with Crippen molar-refractivity contribution in [1.82, 2.24) is 9.99 Å². The molecule has 21 heteroatoms. The molecule has 2 N–H and O–H groups in total. The van der Waals surface area contributed by atoms with Gasteiger partial charge in [-0.1, -0.05) is 83.4 Å². The van der Waals surface area contributed by atoms with Crippen molar-refractivity contribution in [1.29, 1.82) is 0 Å². The number of rotatable bonds is 8. The van der Waals surface area contributed by atoms with Crippen molar-refractivity contribution >= 4 is 86.2 Å². The molecule has 3 fully saturated rings. The van der Waals surface area contributed by atoms with Gasteiger partial charge in [0.2, 0.25) is 11.8 Å². The number of phenols is 1. The monoisotopic (exact) mass is 929 g/mol. The summed E-state index contributed by atoms with van der Waals surface area (Å²) in [4.78, 5) is 88.5. The van der Waals surface area contributed by atoms with Gasteiger partial charge in [0, 0.05) is 54.3 Å². The Morgan fingerprint density at radius 2 is 1.55 bits per heavy atom. The molecule has 0 unspecified atom stereocenters. The van der Waals surface area contributed by atoms with Gasteiger partial charge in [0.25, 0.3) is 11.8 Å². The summed E-state index contributed by atoms with van der Waals surface area (Å²) in [5.74, 6) is -10.4. The van der Waals surface area contributed by atoms with E-state index < -0.39 is 108 Å². The van der Waals surface area contributed by atoms with Crippen LogP contribution >= 0.6 is 23.2 Å². The summed E-state index contributed by atoms with van der Waals surface area (Å²) in [6, 6.07) is 18.6. The first-order chi connectivity index (χ1) is 30.8. The van der Waals surface area contributed by atoms with Gasteiger partial charge in [-0.25, -0.2) is 9.88 Å². The Kier molecular flexibility index (Phi) is 10.1. The first-order valence-corrected chi connectivity index (χ1v) is 20.6. The van der Waals surface area contributed by atoms with Gasteiger partial charge in [-0.2, -0.15) is 18.2 Å². The minimum Gasteiger partial charge on any atom is -0.507 e. The number of phenolic OH excluding ortho intramolecular Hbond substituents is 1. The Balaban J connectivity index is 1.24. The summed E-state index contributed by atoms with van der Waals surface area (Å²) >= 11 is 12.6. The molecule has 2 aliphatic heterocycles. The van der Waals surface area contributed by atoms with Gasteiger partial charge < -0.3 is 10.0 Å². The van der Waals surface area contributed by atoms with E-state index in [0.29, 0.717) is 38.5 Å². The lowest BCUT2D eigenvalue weighted by Gasteiger charge is -2.50. The number of nitro groups is 2. The number of hydrogen-bond acceptors (Lipinski definition) is 12. The molecule has 9 rings (SSSR count). The molecule has 0 spiro atoms. The second-order valence-electron chi connectivity index (χ2n) is 16.4. The third kappa shape index (κ3) is 6.46. The van der Waals surface area contributed by atoms with Gasteiger partial charge in [0.05, 0.1) is 49.3 Å². The van der Waals surface area contributed by atoms with Crippen LogP contribution in [-0.2, 0) is 30.8 Å². The first-order valence-electron chi connectivity index (χ1n) is 19.8. The van der Waals surface area contributed by atoms with E-state index in [1.165, 1.54) is 43.3 Å². The number of aromatic nitrogens is 1. The normalized spacial score (nSPS) is 23.9. The highest BCUT2D eigenvalue weighted by molar-refractivity contribution is 6.33. The molecule has 4 amide bonds. The molecule has 1 saturated carbocycles. The zero-order valence-corrected chi connectivity index (χ0v) is 35.3. The van der Waals surface area contributed by atoms with E-state index in [1.807, 2.05) is 0 Å². The van der Waals surface area contributed by atoms with E-state index >= 15 is 9.59 Å². The molecule has 16 nitrogen and oxygen atoms in total. The average molecular weight is 931 g/mol. The minimum absolute atomic E-state index is 0.126. The number of fused-ring (bicyclic) bond motifs is 5. The number of nitrogens with one attached hydrogen (secondary N) is 1. The molecule has 332 valence electrons. The van der Waals surface area contributed by atoms with Gasteiger partial charge in [-0.3, -0.25) is 44.8 Å². The molecule has 6 atom stereocenters. The van der Waals surface area contributed by atoms with Crippen LogP contribution in [0, 0.1) is 43.9 Å². The number of pyridine rings is 1. The Bertz CT molecular complexity index is 2950. The van der Waals surface area contributed by atoms with Gasteiger partial charge >= 0.3 is 17.6 Å². The quantitative estimate of drug-likeness (QED) is 0.0651. The van der Waals surface area contributed by atoms with E-state index in [1.54, 1.807) is 42.5 Å². The molecule has 2 aliphatic carbocycles. The van der Waals surface area contributed by atoms with Crippen LogP contribution in [0.2, 0.25) is 10.0 Å². The van der Waals surface area contributed by atoms with E-state index in [9.17, 15) is 48.1 Å². The molecule has 4 aliphatic rings. The number of allylic oxidation sites excluding steroid dienone is 2. The fourth-order valence-corrected chi connectivity index (χ4v) is 10.7. The number of hydrogen-bond donors (Lipinski definition) is 2. The second-order valence-corrected chi connectivity index (χ2v) is 17.2. The summed E-state index contributed by atoms with van der Waals surface area (Å²) < 4.78 is 40.8. The summed E-state index contributed by atoms with van der Waals surface area (Å²) in [5.41, 5.74) is -2.10. The van der Waals surface area contributed by atoms with Crippen LogP contribution in [0.1, 0.15) is 35.4 Å². The van der Waals surface area contributed by atoms with E-state index in [0.717, 1.165) is 12.1 Å². The number of hydrazine groups is 1. The van der Waals surface area contributed by atoms with Crippen LogP contribution in [0.5, 0.6) is 5.75 Å². The van der Waals surface area contributed by atoms with Crippen LogP contribution < -0.4 is 15.2 Å². The zero-order valence-electron chi connectivity index (χ0n) is 33.7. The lowest BCUT2D eigenvalue weighted by Crippen LogP contribution is -2.53. The van der Waals surface area contributed by atoms with Gasteiger partial charge in [0.1, 0.15) is 5.75 Å². The lowest BCUT2D eigenvalue weighted by atomic mass is 9.49. The number of imide groups is 2. The fraction of sp³-hybridized carbons (Fsp3) is 0.250. The summed E-state index contributed by atoms with van der Waals surface area (Å²) in [5, 5.41) is 38.1. The highest BCUT2D eigenvalue weighted by atomic mass is 35.5. The molecule has 65 heavy (non-hydrogen) atoms. The Hall–Kier alpha value is -7.12. The maximum absolute atomic E-state index is 15.6. The Morgan fingerprint density at radius 1 is 0.892 bits per heavy atom. The maximum atomic E-state index is 15.6. The van der Waals surface area contributed by atoms with E-state index in [2.05, 4.69) is 10.4 Å². The third-order valence-electron chi connectivity index (χ3n) is 13.0. The maximum Gasteiger partial charge on any atom is 0.417 e. The predicted octanol–water partition coefficient (Wildman–Crippen LogP) is 8.34. The number of alkyl halides is 3. The lowest BCUT2D eigenvalue weighted by molar-refractivity contribution is -0.392. The minimum atomic E-state index is -4.83. The number of halogens is 5. The molecule has 0 bridgehead atoms. The Morgan fingerprint density at radius 3 is 2.17 bits per heavy atom. The summed E-state index contributed by atoms with van der Waals surface area (Å²) in [6.45, 7) is 0. The van der Waals surface area contributed by atoms with Crippen molar-refractivity contribution in [2.75, 3.05) is 29.3 Å². The number of carbonyl (C=O) groups is 4. The first kappa shape index (κ1) is 43.1. The van der Waals surface area contributed by atoms with E-state index in [4.69, 9.17) is 23.2 Å². The Labute approximate surface area is 375 Å². The highest BCUT2D eigenvalue weighted by Gasteiger charge is 2.71. The number of nitro benzene ring substituents is 2. The number of benzene rings is 4. The van der Waals surface area contributed by atoms with E-state index in [-0.39, 0.29) is 40.4 Å². The SMILES string of the molecule is CN(C)c1c([N+](=O)[O-])cc(N2C(=O)[C@H]3[C@H](CC=C4[C@H]3C[C@H]3C(=O)N(Nc5ncc(C(F)(F)F)cc5Cl)C(=O)[C@@]3(c3ccc(Cl)cc3)[C@H]4c3ccc4ccccc4c3O)C2=O)cc1[N+](=O)[O-]. The number of anilines is 3. The molecule has 4 aromatic carbocycles. The van der Waals surface area contributed by atoms with Crippen molar-refractivity contribution in [2.24, 2.45) is 23.7 Å². The topological polar surface area (TPSA) is 209 Å². The number of nitrogens with zero attached hydrogens (tertiary/aromatic N) is 6. The summed E-state index contributed by atoms with van der Waals surface area (Å²) in [7, 11) is 2.72. The van der Waals surface area contributed by atoms with Crippen LogP contribution in [0.3, 0.4) is 0 Å². The van der Waals surface area contributed by atoms with Gasteiger partial charge in [-0.05, 0) is 47.9 Å². The third-order valence-corrected chi connectivity index (χ3v) is 13.5. The van der Waals surface area contributed by atoms with Gasteiger partial charge in [-0.15, -0.1) is 0 Å². The van der Waals surface area contributed by atoms with Crippen LogP contribution in [-0.4, -0.2) is 62.7 Å². The standard InChI is InChI=1S/C44H32Cl2F3N7O9/c1-52(2)36-32(55(62)63)16-24(17-33(36)56(64)65)53-39(58)27-14-13-26-29(34(27)41(53)60)18-30-40(59)54(51-38-31(46)15-22(19-50-38)44(47,48)49)42(61)43(30,21-8-10-23(45)11-9-21)35(26)28-12-7-20-5-3-4-6-25(20)37(28)57/h3-13,15-17,19,27,29-30,34-35,57H,14,18H2,1-2H3,(H,50,51)/t27-,29+,30-,34-,35+,43+/m0/s1. The smallest absolute Gasteiger partial charge is 0.417 e. The molecule has 0 radical (unpaired) electrons. The summed E-state index contributed by atoms with van der Waals surface area (Å²) in [6.07, 6.45) is -3.09. The molecule has 3 heterocycles. The number of carbonyl (C=O) groups excluding carboxylic acids is 4. The largest absolute Gasteiger partial charge is 0.507 e. The second kappa shape index (κ2) is 15.3. The van der Waals surface area contributed by atoms with Crippen molar-refractivity contribution in [3.05, 3.63) is 144 Å². The van der Waals surface area contributed by atoms with Gasteiger partial charge in [0.15, 0.2) is 11.5 Å². The van der Waals surface area contributed by atoms with Crippen molar-refractivity contribution < 1.29 is 47.3 Å². The molecule has 2 saturated heterocycles. The zero-order chi connectivity index (χ0) is 46.6. The molecular formula is C44H32Cl2F3N7O9. The average Bonchev–Trinajstić information content (AvgIpc) is 3.64. The molecular weight excluding hydrogens is 898 g/mol. The fourth-order valence-electron chi connectivity index (χ4n) is 10.3. The van der Waals surface area contributed by atoms with Crippen molar-refractivity contribution in [2.45, 2.75) is 30.4 Å². The predicted molar refractivity (Wildman–Crippen MR) is 229 cm³/mol. The van der Waals surface area contributed by atoms with Crippen LogP contribution in [0.15, 0.2) is 96.7 Å². The van der Waals surface area contributed by atoms with Crippen molar-refractivity contribution in [3.63, 3.8) is 0 Å². The molecule has 1 aromatic heterocycles. The van der Waals surface area contributed by atoms with Crippen LogP contribution in [0.4, 0.5) is 41.7 Å².